The van der Waals surface area contributed by atoms with Gasteiger partial charge in [-0.25, -0.2) is 9.97 Å². The summed E-state index contributed by atoms with van der Waals surface area (Å²) in [5, 5.41) is 12.5. The smallest absolute Gasteiger partial charge is 0.234 e. The van der Waals surface area contributed by atoms with Crippen LogP contribution in [0.15, 0.2) is 23.4 Å². The maximum Gasteiger partial charge on any atom is 0.234 e. The number of thioether (sulfide) groups is 1. The van der Waals surface area contributed by atoms with Gasteiger partial charge in [-0.2, -0.15) is 5.26 Å². The van der Waals surface area contributed by atoms with Gasteiger partial charge in [-0.3, -0.25) is 4.79 Å². The molecular weight excluding hydrogens is 332 g/mol. The Hall–Kier alpha value is -2.10. The second-order valence-corrected chi connectivity index (χ2v) is 6.29. The Bertz CT molecular complexity index is 778. The Kier molecular flexibility index (Phi) is 5.59. The van der Waals surface area contributed by atoms with E-state index >= 15 is 0 Å². The van der Waals surface area contributed by atoms with Crippen molar-refractivity contribution in [2.45, 2.75) is 25.9 Å². The number of halogens is 1. The molecule has 1 amide bonds. The van der Waals surface area contributed by atoms with Crippen molar-refractivity contribution >= 4 is 35.0 Å². The number of hydrogen-bond donors (Lipinski definition) is 1. The average molecular weight is 347 g/mol. The number of carbonyl (C=O) groups excluding carboxylic acids is 1. The fourth-order valence-corrected chi connectivity index (χ4v) is 2.77. The fourth-order valence-electron chi connectivity index (χ4n) is 1.82. The molecule has 0 saturated carbocycles. The molecule has 0 unspecified atom stereocenters. The van der Waals surface area contributed by atoms with E-state index in [2.05, 4.69) is 15.3 Å². The lowest BCUT2D eigenvalue weighted by molar-refractivity contribution is -0.113. The van der Waals surface area contributed by atoms with Gasteiger partial charge in [0.25, 0.3) is 0 Å². The second-order valence-electron chi connectivity index (χ2n) is 4.95. The quantitative estimate of drug-likeness (QED) is 0.675. The van der Waals surface area contributed by atoms with Crippen LogP contribution in [0, 0.1) is 32.1 Å². The van der Waals surface area contributed by atoms with Gasteiger partial charge in [-0.05, 0) is 44.5 Å². The van der Waals surface area contributed by atoms with Gasteiger partial charge >= 0.3 is 0 Å². The third-order valence-corrected chi connectivity index (χ3v) is 4.48. The Morgan fingerprint density at radius 3 is 2.52 bits per heavy atom. The molecule has 0 atom stereocenters. The number of nitriles is 1. The first-order chi connectivity index (χ1) is 10.9. The summed E-state index contributed by atoms with van der Waals surface area (Å²) in [6.07, 6.45) is 0. The molecule has 1 heterocycles. The third-order valence-electron chi connectivity index (χ3n) is 3.32. The zero-order valence-corrected chi connectivity index (χ0v) is 14.5. The lowest BCUT2D eigenvalue weighted by Gasteiger charge is -2.08. The van der Waals surface area contributed by atoms with Crippen LogP contribution >= 0.6 is 23.4 Å². The average Bonchev–Trinajstić information content (AvgIpc) is 2.50. The molecule has 118 valence electrons. The van der Waals surface area contributed by atoms with Crippen LogP contribution in [-0.4, -0.2) is 21.6 Å². The van der Waals surface area contributed by atoms with E-state index in [1.165, 1.54) is 11.8 Å². The highest BCUT2D eigenvalue weighted by molar-refractivity contribution is 7.99. The van der Waals surface area contributed by atoms with Crippen LogP contribution in [0.2, 0.25) is 5.02 Å². The first-order valence-corrected chi connectivity index (χ1v) is 8.21. The zero-order valence-electron chi connectivity index (χ0n) is 13.0. The van der Waals surface area contributed by atoms with Gasteiger partial charge in [0.05, 0.1) is 16.3 Å². The van der Waals surface area contributed by atoms with Crippen molar-refractivity contribution in [3.05, 3.63) is 45.7 Å². The summed E-state index contributed by atoms with van der Waals surface area (Å²) in [4.78, 5) is 20.7. The summed E-state index contributed by atoms with van der Waals surface area (Å²) in [6, 6.07) is 6.74. The molecule has 5 nitrogen and oxygen atoms in total. The van der Waals surface area contributed by atoms with Crippen molar-refractivity contribution in [2.24, 2.45) is 0 Å². The number of carbonyl (C=O) groups is 1. The molecule has 2 aromatic rings. The number of benzene rings is 1. The van der Waals surface area contributed by atoms with E-state index in [1.807, 2.05) is 26.8 Å². The van der Waals surface area contributed by atoms with Crippen molar-refractivity contribution in [1.29, 1.82) is 5.26 Å². The number of nitrogens with zero attached hydrogens (tertiary/aromatic N) is 3. The Morgan fingerprint density at radius 1 is 1.30 bits per heavy atom. The van der Waals surface area contributed by atoms with Crippen LogP contribution in [-0.2, 0) is 4.79 Å². The molecule has 0 aliphatic heterocycles. The van der Waals surface area contributed by atoms with E-state index in [0.29, 0.717) is 21.4 Å². The van der Waals surface area contributed by atoms with Crippen LogP contribution in [0.4, 0.5) is 5.69 Å². The van der Waals surface area contributed by atoms with Gasteiger partial charge < -0.3 is 5.32 Å². The van der Waals surface area contributed by atoms with E-state index in [4.69, 9.17) is 16.9 Å². The lowest BCUT2D eigenvalue weighted by atomic mass is 10.2. The lowest BCUT2D eigenvalue weighted by Crippen LogP contribution is -2.14. The molecule has 0 spiro atoms. The van der Waals surface area contributed by atoms with Gasteiger partial charge in [-0.15, -0.1) is 0 Å². The van der Waals surface area contributed by atoms with Crippen LogP contribution in [0.25, 0.3) is 0 Å². The minimum absolute atomic E-state index is 0.185. The van der Waals surface area contributed by atoms with E-state index < -0.39 is 0 Å². The van der Waals surface area contributed by atoms with E-state index in [-0.39, 0.29) is 11.7 Å². The van der Waals surface area contributed by atoms with E-state index in [1.54, 1.807) is 18.2 Å². The van der Waals surface area contributed by atoms with Crippen molar-refractivity contribution < 1.29 is 4.79 Å². The molecule has 0 saturated heterocycles. The van der Waals surface area contributed by atoms with Crippen molar-refractivity contribution in [2.75, 3.05) is 11.1 Å². The number of rotatable bonds is 4. The molecular formula is C16H15ClN4OS. The Morgan fingerprint density at radius 2 is 1.96 bits per heavy atom. The van der Waals surface area contributed by atoms with Gasteiger partial charge in [0.1, 0.15) is 6.07 Å². The molecule has 2 rings (SSSR count). The van der Waals surface area contributed by atoms with E-state index in [0.717, 1.165) is 17.0 Å². The number of hydrogen-bond acceptors (Lipinski definition) is 5. The third kappa shape index (κ3) is 4.44. The molecule has 1 aromatic carbocycles. The maximum absolute atomic E-state index is 12.0. The van der Waals surface area contributed by atoms with Gasteiger partial charge in [-0.1, -0.05) is 23.4 Å². The van der Waals surface area contributed by atoms with Crippen LogP contribution in [0.5, 0.6) is 0 Å². The molecule has 7 heteroatoms. The summed E-state index contributed by atoms with van der Waals surface area (Å²) < 4.78 is 0. The SMILES string of the molecule is Cc1nc(SCC(=O)Nc2ccc(C#N)c(Cl)c2)nc(C)c1C. The Labute approximate surface area is 144 Å². The van der Waals surface area contributed by atoms with Crippen LogP contribution in [0.1, 0.15) is 22.5 Å². The summed E-state index contributed by atoms with van der Waals surface area (Å²) in [7, 11) is 0. The summed E-state index contributed by atoms with van der Waals surface area (Å²) >= 11 is 7.21. The van der Waals surface area contributed by atoms with E-state index in [9.17, 15) is 4.79 Å². The minimum Gasteiger partial charge on any atom is -0.325 e. The summed E-state index contributed by atoms with van der Waals surface area (Å²) in [6.45, 7) is 5.82. The fraction of sp³-hybridized carbons (Fsp3) is 0.250. The number of aryl methyl sites for hydroxylation is 2. The van der Waals surface area contributed by atoms with Crippen LogP contribution in [0.3, 0.4) is 0 Å². The molecule has 0 radical (unpaired) electrons. The first-order valence-electron chi connectivity index (χ1n) is 6.85. The highest BCUT2D eigenvalue weighted by Gasteiger charge is 2.09. The first kappa shape index (κ1) is 17.3. The van der Waals surface area contributed by atoms with Crippen molar-refractivity contribution in [3.8, 4) is 6.07 Å². The molecule has 0 bridgehead atoms. The molecule has 0 aliphatic carbocycles. The highest BCUT2D eigenvalue weighted by atomic mass is 35.5. The minimum atomic E-state index is -0.185. The predicted octanol–water partition coefficient (Wildman–Crippen LogP) is 3.66. The normalized spacial score (nSPS) is 10.2. The van der Waals surface area contributed by atoms with Gasteiger partial charge in [0.2, 0.25) is 5.91 Å². The predicted molar refractivity (Wildman–Crippen MR) is 91.8 cm³/mol. The number of nitrogens with one attached hydrogen (secondary N) is 1. The molecule has 1 N–H and O–H groups in total. The molecule has 0 fully saturated rings. The van der Waals surface area contributed by atoms with Crippen molar-refractivity contribution in [3.63, 3.8) is 0 Å². The number of anilines is 1. The second kappa shape index (κ2) is 7.44. The number of amides is 1. The largest absolute Gasteiger partial charge is 0.325 e. The monoisotopic (exact) mass is 346 g/mol. The zero-order chi connectivity index (χ0) is 17.0. The molecule has 23 heavy (non-hydrogen) atoms. The summed E-state index contributed by atoms with van der Waals surface area (Å²) in [5.41, 5.74) is 3.82. The molecule has 0 aliphatic rings. The van der Waals surface area contributed by atoms with Gasteiger partial charge in [0, 0.05) is 17.1 Å². The summed E-state index contributed by atoms with van der Waals surface area (Å²) in [5.74, 6) is 0.00906. The standard InChI is InChI=1S/C16H15ClN4OS/c1-9-10(2)19-16(20-11(9)3)23-8-15(22)21-13-5-4-12(7-18)14(17)6-13/h4-6H,8H2,1-3H3,(H,21,22). The van der Waals surface area contributed by atoms with Gasteiger partial charge in [0.15, 0.2) is 5.16 Å². The van der Waals surface area contributed by atoms with Crippen LogP contribution < -0.4 is 5.32 Å². The van der Waals surface area contributed by atoms with Crippen molar-refractivity contribution in [1.82, 2.24) is 9.97 Å². The topological polar surface area (TPSA) is 78.7 Å². The number of aromatic nitrogens is 2. The maximum atomic E-state index is 12.0. The Balaban J connectivity index is 1.98. The highest BCUT2D eigenvalue weighted by Crippen LogP contribution is 2.21. The molecule has 1 aromatic heterocycles.